The van der Waals surface area contributed by atoms with E-state index in [2.05, 4.69) is 15.3 Å². The van der Waals surface area contributed by atoms with Crippen molar-refractivity contribution < 1.29 is 14.7 Å². The SMILES string of the molecule is Cc1nc(C(=O)Nc2c[nH]c(C)c2C(=O)O)ccc1C#N. The third kappa shape index (κ3) is 2.74. The Kier molecular flexibility index (Phi) is 3.71. The molecule has 0 saturated heterocycles. The maximum Gasteiger partial charge on any atom is 0.339 e. The second-order valence-electron chi connectivity index (χ2n) is 4.40. The first-order chi connectivity index (χ1) is 9.93. The summed E-state index contributed by atoms with van der Waals surface area (Å²) in [5, 5.41) is 20.4. The van der Waals surface area contributed by atoms with Gasteiger partial charge < -0.3 is 15.4 Å². The van der Waals surface area contributed by atoms with E-state index in [0.29, 0.717) is 17.0 Å². The van der Waals surface area contributed by atoms with Gasteiger partial charge >= 0.3 is 5.97 Å². The van der Waals surface area contributed by atoms with Gasteiger partial charge in [0.1, 0.15) is 17.3 Å². The molecule has 0 saturated carbocycles. The molecule has 0 atom stereocenters. The lowest BCUT2D eigenvalue weighted by Gasteiger charge is -2.05. The molecule has 0 aliphatic carbocycles. The van der Waals surface area contributed by atoms with Crippen LogP contribution in [0.1, 0.15) is 37.8 Å². The van der Waals surface area contributed by atoms with E-state index in [0.717, 1.165) is 0 Å². The number of carboxylic acids is 1. The smallest absolute Gasteiger partial charge is 0.339 e. The van der Waals surface area contributed by atoms with Gasteiger partial charge in [-0.15, -0.1) is 0 Å². The van der Waals surface area contributed by atoms with Crippen molar-refractivity contribution in [2.24, 2.45) is 0 Å². The number of carbonyl (C=O) groups is 2. The number of anilines is 1. The second-order valence-corrected chi connectivity index (χ2v) is 4.40. The number of nitriles is 1. The molecule has 21 heavy (non-hydrogen) atoms. The number of hydrogen-bond donors (Lipinski definition) is 3. The van der Waals surface area contributed by atoms with Crippen LogP contribution in [0.5, 0.6) is 0 Å². The van der Waals surface area contributed by atoms with Crippen molar-refractivity contribution in [2.45, 2.75) is 13.8 Å². The minimum Gasteiger partial charge on any atom is -0.478 e. The summed E-state index contributed by atoms with van der Waals surface area (Å²) < 4.78 is 0. The van der Waals surface area contributed by atoms with E-state index in [4.69, 9.17) is 10.4 Å². The number of carbonyl (C=O) groups excluding carboxylic acids is 1. The average Bonchev–Trinajstić information content (AvgIpc) is 2.79. The number of pyridine rings is 1. The highest BCUT2D eigenvalue weighted by Crippen LogP contribution is 2.19. The van der Waals surface area contributed by atoms with Crippen LogP contribution in [0.2, 0.25) is 0 Å². The highest BCUT2D eigenvalue weighted by Gasteiger charge is 2.18. The summed E-state index contributed by atoms with van der Waals surface area (Å²) in [5.41, 5.74) is 1.56. The molecule has 1 amide bonds. The number of carboxylic acid groups (broad SMARTS) is 1. The molecule has 0 radical (unpaired) electrons. The molecule has 0 spiro atoms. The molecule has 0 bridgehead atoms. The van der Waals surface area contributed by atoms with Crippen LogP contribution >= 0.6 is 0 Å². The van der Waals surface area contributed by atoms with E-state index in [1.807, 2.05) is 6.07 Å². The molecular formula is C14H12N4O3. The molecular weight excluding hydrogens is 272 g/mol. The number of aromatic nitrogens is 2. The quantitative estimate of drug-likeness (QED) is 0.794. The van der Waals surface area contributed by atoms with Gasteiger partial charge in [-0.1, -0.05) is 0 Å². The summed E-state index contributed by atoms with van der Waals surface area (Å²) in [5.74, 6) is -1.67. The van der Waals surface area contributed by atoms with Gasteiger partial charge in [0.2, 0.25) is 0 Å². The predicted molar refractivity (Wildman–Crippen MR) is 74.1 cm³/mol. The molecule has 106 valence electrons. The Bertz CT molecular complexity index is 771. The number of H-pyrrole nitrogens is 1. The van der Waals surface area contributed by atoms with Crippen LogP contribution in [-0.2, 0) is 0 Å². The Morgan fingerprint density at radius 2 is 2.10 bits per heavy atom. The number of hydrogen-bond acceptors (Lipinski definition) is 4. The number of nitrogens with one attached hydrogen (secondary N) is 2. The molecule has 0 aliphatic heterocycles. The van der Waals surface area contributed by atoms with Crippen LogP contribution in [0.25, 0.3) is 0 Å². The molecule has 0 aromatic carbocycles. The number of amides is 1. The van der Waals surface area contributed by atoms with Gasteiger partial charge in [0.15, 0.2) is 0 Å². The van der Waals surface area contributed by atoms with Crippen LogP contribution in [0.3, 0.4) is 0 Å². The van der Waals surface area contributed by atoms with Crippen molar-refractivity contribution in [1.29, 1.82) is 5.26 Å². The lowest BCUT2D eigenvalue weighted by atomic mass is 10.2. The molecule has 2 heterocycles. The molecule has 0 fully saturated rings. The van der Waals surface area contributed by atoms with Crippen LogP contribution in [0, 0.1) is 25.2 Å². The van der Waals surface area contributed by atoms with Crippen molar-refractivity contribution in [3.8, 4) is 6.07 Å². The largest absolute Gasteiger partial charge is 0.478 e. The van der Waals surface area contributed by atoms with E-state index in [1.165, 1.54) is 18.3 Å². The molecule has 3 N–H and O–H groups in total. The topological polar surface area (TPSA) is 119 Å². The maximum absolute atomic E-state index is 12.1. The van der Waals surface area contributed by atoms with E-state index in [9.17, 15) is 9.59 Å². The van der Waals surface area contributed by atoms with Crippen LogP contribution in [-0.4, -0.2) is 27.0 Å². The highest BCUT2D eigenvalue weighted by molar-refractivity contribution is 6.07. The van der Waals surface area contributed by atoms with Crippen LogP contribution in [0.4, 0.5) is 5.69 Å². The number of nitrogens with zero attached hydrogens (tertiary/aromatic N) is 2. The molecule has 0 aliphatic rings. The molecule has 7 nitrogen and oxygen atoms in total. The van der Waals surface area contributed by atoms with Crippen molar-refractivity contribution in [1.82, 2.24) is 9.97 Å². The van der Waals surface area contributed by atoms with Crippen molar-refractivity contribution in [3.05, 3.63) is 46.5 Å². The van der Waals surface area contributed by atoms with E-state index < -0.39 is 11.9 Å². The number of rotatable bonds is 3. The number of aryl methyl sites for hydroxylation is 2. The minimum atomic E-state index is -1.13. The van der Waals surface area contributed by atoms with Gasteiger partial charge in [-0.25, -0.2) is 9.78 Å². The molecule has 0 unspecified atom stereocenters. The van der Waals surface area contributed by atoms with Gasteiger partial charge in [0, 0.05) is 11.9 Å². The summed E-state index contributed by atoms with van der Waals surface area (Å²) >= 11 is 0. The maximum atomic E-state index is 12.1. The monoisotopic (exact) mass is 284 g/mol. The highest BCUT2D eigenvalue weighted by atomic mass is 16.4. The zero-order valence-electron chi connectivity index (χ0n) is 11.4. The van der Waals surface area contributed by atoms with Crippen molar-refractivity contribution in [3.63, 3.8) is 0 Å². The zero-order chi connectivity index (χ0) is 15.6. The van der Waals surface area contributed by atoms with E-state index >= 15 is 0 Å². The van der Waals surface area contributed by atoms with Gasteiger partial charge in [-0.05, 0) is 26.0 Å². The second kappa shape index (κ2) is 5.46. The Morgan fingerprint density at radius 3 is 2.67 bits per heavy atom. The Balaban J connectivity index is 2.29. The third-order valence-corrected chi connectivity index (χ3v) is 2.98. The first-order valence-corrected chi connectivity index (χ1v) is 6.04. The molecule has 2 aromatic heterocycles. The normalized spacial score (nSPS) is 9.95. The van der Waals surface area contributed by atoms with Gasteiger partial charge in [-0.3, -0.25) is 4.79 Å². The van der Waals surface area contributed by atoms with Gasteiger partial charge in [-0.2, -0.15) is 5.26 Å². The zero-order valence-corrected chi connectivity index (χ0v) is 11.4. The summed E-state index contributed by atoms with van der Waals surface area (Å²) in [4.78, 5) is 30.0. The summed E-state index contributed by atoms with van der Waals surface area (Å²) in [6.45, 7) is 3.22. The predicted octanol–water partition coefficient (Wildman–Crippen LogP) is 1.85. The van der Waals surface area contributed by atoms with Crippen LogP contribution in [0.15, 0.2) is 18.3 Å². The molecule has 2 aromatic rings. The van der Waals surface area contributed by atoms with Crippen molar-refractivity contribution >= 4 is 17.6 Å². The van der Waals surface area contributed by atoms with E-state index in [-0.39, 0.29) is 16.9 Å². The number of aromatic carboxylic acids is 1. The average molecular weight is 284 g/mol. The minimum absolute atomic E-state index is 0.00807. The Labute approximate surface area is 120 Å². The standard InChI is InChI=1S/C14H12N4O3/c1-7-9(5-15)3-4-10(17-7)13(19)18-11-6-16-8(2)12(11)14(20)21/h3-4,6,16H,1-2H3,(H,18,19)(H,20,21). The van der Waals surface area contributed by atoms with E-state index in [1.54, 1.807) is 13.8 Å². The van der Waals surface area contributed by atoms with Crippen molar-refractivity contribution in [2.75, 3.05) is 5.32 Å². The lowest BCUT2D eigenvalue weighted by Crippen LogP contribution is -2.16. The first-order valence-electron chi connectivity index (χ1n) is 6.04. The Morgan fingerprint density at radius 1 is 1.38 bits per heavy atom. The third-order valence-electron chi connectivity index (χ3n) is 2.98. The summed E-state index contributed by atoms with van der Waals surface area (Å²) in [6.07, 6.45) is 1.41. The fraction of sp³-hybridized carbons (Fsp3) is 0.143. The first kappa shape index (κ1) is 14.3. The fourth-order valence-corrected chi connectivity index (χ4v) is 1.89. The van der Waals surface area contributed by atoms with Gasteiger partial charge in [0.25, 0.3) is 5.91 Å². The summed E-state index contributed by atoms with van der Waals surface area (Å²) in [7, 11) is 0. The number of aromatic amines is 1. The molecule has 7 heteroatoms. The molecule has 2 rings (SSSR count). The summed E-state index contributed by atoms with van der Waals surface area (Å²) in [6, 6.07) is 4.88. The Hall–Kier alpha value is -3.14. The lowest BCUT2D eigenvalue weighted by molar-refractivity contribution is 0.0697. The van der Waals surface area contributed by atoms with Crippen LogP contribution < -0.4 is 5.32 Å². The van der Waals surface area contributed by atoms with Gasteiger partial charge in [0.05, 0.1) is 16.9 Å². The fourth-order valence-electron chi connectivity index (χ4n) is 1.89.